The van der Waals surface area contributed by atoms with E-state index in [9.17, 15) is 14.4 Å². The number of ether oxygens (including phenoxy) is 2. The maximum atomic E-state index is 13.6. The summed E-state index contributed by atoms with van der Waals surface area (Å²) in [7, 11) is 1.27. The molecule has 4 atom stereocenters. The number of alkyl carbamates (subject to hydrolysis) is 1. The average Bonchev–Trinajstić information content (AvgIpc) is 3.04. The molecule has 0 spiro atoms. The largest absolute Gasteiger partial charge is 0.459 e. The first-order valence-electron chi connectivity index (χ1n) is 10.8. The molecule has 1 saturated carbocycles. The third-order valence-corrected chi connectivity index (χ3v) is 6.61. The van der Waals surface area contributed by atoms with Gasteiger partial charge in [0.05, 0.1) is 7.11 Å². The number of carbonyl (C=O) groups excluding carboxylic acids is 3. The molecule has 1 aromatic rings. The summed E-state index contributed by atoms with van der Waals surface area (Å²) in [5.74, 6) is -0.363. The van der Waals surface area contributed by atoms with Crippen molar-refractivity contribution in [2.45, 2.75) is 59.7 Å². The molecule has 0 unspecified atom stereocenters. The van der Waals surface area contributed by atoms with E-state index in [2.05, 4.69) is 19.2 Å². The number of amides is 2. The fourth-order valence-electron chi connectivity index (χ4n) is 5.15. The second-order valence-electron chi connectivity index (χ2n) is 10.4. The first kappa shape index (κ1) is 23.1. The lowest BCUT2D eigenvalue weighted by molar-refractivity contribution is -0.160. The van der Waals surface area contributed by atoms with Crippen LogP contribution in [0.1, 0.15) is 46.6 Å². The van der Waals surface area contributed by atoms with Crippen LogP contribution in [0, 0.1) is 22.7 Å². The molecule has 1 N–H and O–H groups in total. The summed E-state index contributed by atoms with van der Waals surface area (Å²) < 4.78 is 10.4. The number of nitrogens with zero attached hydrogens (tertiary/aromatic N) is 1. The predicted molar refractivity (Wildman–Crippen MR) is 116 cm³/mol. The molecule has 0 radical (unpaired) electrons. The maximum absolute atomic E-state index is 13.6. The minimum absolute atomic E-state index is 0.0402. The van der Waals surface area contributed by atoms with E-state index in [1.165, 1.54) is 7.11 Å². The van der Waals surface area contributed by atoms with Crippen molar-refractivity contribution in [3.63, 3.8) is 0 Å². The Morgan fingerprint density at radius 2 is 1.84 bits per heavy atom. The van der Waals surface area contributed by atoms with Crippen LogP contribution in [-0.2, 0) is 25.7 Å². The Kier molecular flexibility index (Phi) is 6.35. The van der Waals surface area contributed by atoms with E-state index in [0.717, 1.165) is 12.0 Å². The molecule has 2 aliphatic rings. The van der Waals surface area contributed by atoms with Crippen LogP contribution in [-0.4, -0.2) is 48.6 Å². The molecule has 1 aliphatic heterocycles. The summed E-state index contributed by atoms with van der Waals surface area (Å²) in [6.45, 7) is 10.6. The van der Waals surface area contributed by atoms with Gasteiger partial charge in [-0.15, -0.1) is 0 Å². The van der Waals surface area contributed by atoms with Gasteiger partial charge in [0.15, 0.2) is 0 Å². The Balaban J connectivity index is 1.83. The number of hydrogen-bond donors (Lipinski definition) is 1. The lowest BCUT2D eigenvalue weighted by Crippen LogP contribution is -2.58. The van der Waals surface area contributed by atoms with Crippen LogP contribution in [0.5, 0.6) is 0 Å². The molecule has 7 nitrogen and oxygen atoms in total. The smallest absolute Gasteiger partial charge is 0.407 e. The van der Waals surface area contributed by atoms with Crippen LogP contribution < -0.4 is 5.32 Å². The Morgan fingerprint density at radius 1 is 1.19 bits per heavy atom. The number of carbonyl (C=O) groups is 3. The molecule has 7 heteroatoms. The number of benzene rings is 1. The van der Waals surface area contributed by atoms with Gasteiger partial charge in [-0.1, -0.05) is 65.0 Å². The predicted octanol–water partition coefficient (Wildman–Crippen LogP) is 3.37. The van der Waals surface area contributed by atoms with Gasteiger partial charge in [0, 0.05) is 6.54 Å². The highest BCUT2D eigenvalue weighted by Gasteiger charge is 2.62. The molecule has 3 rings (SSSR count). The highest BCUT2D eigenvalue weighted by atomic mass is 16.5. The van der Waals surface area contributed by atoms with Crippen LogP contribution >= 0.6 is 0 Å². The topological polar surface area (TPSA) is 84.9 Å². The second kappa shape index (κ2) is 8.52. The van der Waals surface area contributed by atoms with Gasteiger partial charge < -0.3 is 19.7 Å². The van der Waals surface area contributed by atoms with Gasteiger partial charge in [0.2, 0.25) is 5.91 Å². The number of nitrogens with one attached hydrogen (secondary N) is 1. The van der Waals surface area contributed by atoms with E-state index < -0.39 is 23.6 Å². The van der Waals surface area contributed by atoms with E-state index in [1.807, 2.05) is 51.1 Å². The minimum Gasteiger partial charge on any atom is -0.459 e. The number of fused-ring (bicyclic) bond motifs is 1. The van der Waals surface area contributed by atoms with E-state index in [0.29, 0.717) is 6.54 Å². The summed E-state index contributed by atoms with van der Waals surface area (Å²) in [6.07, 6.45) is 0.285. The molecule has 0 aromatic heterocycles. The van der Waals surface area contributed by atoms with E-state index in [4.69, 9.17) is 9.47 Å². The molecule has 1 aromatic carbocycles. The number of rotatable bonds is 5. The summed E-state index contributed by atoms with van der Waals surface area (Å²) in [5, 5.41) is 2.67. The van der Waals surface area contributed by atoms with E-state index in [1.54, 1.807) is 4.90 Å². The Bertz CT molecular complexity index is 830. The van der Waals surface area contributed by atoms with Crippen molar-refractivity contribution >= 4 is 18.0 Å². The van der Waals surface area contributed by atoms with Crippen molar-refractivity contribution in [3.05, 3.63) is 35.9 Å². The molecule has 31 heavy (non-hydrogen) atoms. The summed E-state index contributed by atoms with van der Waals surface area (Å²) in [6, 6.07) is 8.02. The number of likely N-dealkylation sites (tertiary alicyclic amines) is 1. The molecule has 0 bridgehead atoms. The van der Waals surface area contributed by atoms with Crippen molar-refractivity contribution in [1.29, 1.82) is 0 Å². The molecule has 1 heterocycles. The third-order valence-electron chi connectivity index (χ3n) is 6.61. The molecular weight excluding hydrogens is 396 g/mol. The van der Waals surface area contributed by atoms with Gasteiger partial charge in [-0.25, -0.2) is 9.59 Å². The van der Waals surface area contributed by atoms with Gasteiger partial charge in [-0.05, 0) is 34.7 Å². The number of esters is 1. The van der Waals surface area contributed by atoms with E-state index in [-0.39, 0.29) is 35.7 Å². The van der Waals surface area contributed by atoms with Crippen LogP contribution in [0.4, 0.5) is 4.79 Å². The molecule has 2 fully saturated rings. The summed E-state index contributed by atoms with van der Waals surface area (Å²) in [5.41, 5.74) is 0.292. The first-order chi connectivity index (χ1) is 14.5. The van der Waals surface area contributed by atoms with Crippen LogP contribution in [0.25, 0.3) is 0 Å². The lowest BCUT2D eigenvalue weighted by Gasteiger charge is -2.49. The highest BCUT2D eigenvalue weighted by Crippen LogP contribution is 2.57. The molecule has 1 aliphatic carbocycles. The normalized spacial score (nSPS) is 25.1. The van der Waals surface area contributed by atoms with Crippen LogP contribution in [0.3, 0.4) is 0 Å². The Hall–Kier alpha value is -2.57. The fourth-order valence-corrected chi connectivity index (χ4v) is 5.15. The van der Waals surface area contributed by atoms with Gasteiger partial charge in [0.1, 0.15) is 18.7 Å². The third kappa shape index (κ3) is 4.70. The van der Waals surface area contributed by atoms with Gasteiger partial charge in [0.25, 0.3) is 0 Å². The minimum atomic E-state index is -0.815. The molecule has 1 saturated heterocycles. The van der Waals surface area contributed by atoms with Gasteiger partial charge >= 0.3 is 12.1 Å². The first-order valence-corrected chi connectivity index (χ1v) is 10.8. The summed E-state index contributed by atoms with van der Waals surface area (Å²) in [4.78, 5) is 40.4. The zero-order valence-electron chi connectivity index (χ0n) is 19.3. The average molecular weight is 431 g/mol. The maximum Gasteiger partial charge on any atom is 0.407 e. The standard InChI is InChI=1S/C24H34N2O5/c1-23(2,3)19(25-22(29)30-6)20(27)26-13-16-12-24(4,5)17(16)18(26)21(28)31-14-15-10-8-7-9-11-15/h7-11,16-19H,12-14H2,1-6H3,(H,25,29)/t16-,17-,18-,19+/m0/s1. The second-order valence-corrected chi connectivity index (χ2v) is 10.4. The monoisotopic (exact) mass is 430 g/mol. The van der Waals surface area contributed by atoms with Crippen molar-refractivity contribution in [2.24, 2.45) is 22.7 Å². The van der Waals surface area contributed by atoms with Crippen molar-refractivity contribution in [2.75, 3.05) is 13.7 Å². The quantitative estimate of drug-likeness (QED) is 0.724. The van der Waals surface area contributed by atoms with Crippen molar-refractivity contribution in [1.82, 2.24) is 10.2 Å². The number of hydrogen-bond acceptors (Lipinski definition) is 5. The lowest BCUT2D eigenvalue weighted by atomic mass is 9.55. The Morgan fingerprint density at radius 3 is 2.39 bits per heavy atom. The van der Waals surface area contributed by atoms with Crippen molar-refractivity contribution < 1.29 is 23.9 Å². The molecule has 2 amide bonds. The number of methoxy groups -OCH3 is 1. The zero-order valence-corrected chi connectivity index (χ0v) is 19.3. The van der Waals surface area contributed by atoms with Crippen LogP contribution in [0.2, 0.25) is 0 Å². The van der Waals surface area contributed by atoms with Crippen molar-refractivity contribution in [3.8, 4) is 0 Å². The fraction of sp³-hybridized carbons (Fsp3) is 0.625. The van der Waals surface area contributed by atoms with Crippen LogP contribution in [0.15, 0.2) is 30.3 Å². The van der Waals surface area contributed by atoms with Gasteiger partial charge in [-0.3, -0.25) is 4.79 Å². The highest BCUT2D eigenvalue weighted by molar-refractivity contribution is 5.91. The Labute approximate surface area is 184 Å². The SMILES string of the molecule is COC(=O)N[C@H](C(=O)N1C[C@@H]2CC(C)(C)[C@@H]2[C@H]1C(=O)OCc1ccccc1)C(C)(C)C. The van der Waals surface area contributed by atoms with E-state index >= 15 is 0 Å². The molecule has 170 valence electrons. The van der Waals surface area contributed by atoms with Gasteiger partial charge in [-0.2, -0.15) is 0 Å². The summed E-state index contributed by atoms with van der Waals surface area (Å²) >= 11 is 0. The molecular formula is C24H34N2O5. The zero-order chi connectivity index (χ0) is 23.0.